The third kappa shape index (κ3) is 1.86. The van der Waals surface area contributed by atoms with E-state index in [4.69, 9.17) is 11.6 Å². The zero-order valence-corrected chi connectivity index (χ0v) is 8.98. The Morgan fingerprint density at radius 3 is 3.23 bits per heavy atom. The number of hydrogen-bond acceptors (Lipinski definition) is 2. The molecule has 0 radical (unpaired) electrons. The van der Waals surface area contributed by atoms with Crippen LogP contribution in [0.2, 0.25) is 0 Å². The highest BCUT2D eigenvalue weighted by Gasteiger charge is 2.06. The standard InChI is InChI=1S/C9H11ClN2S/c1-7(5-10)4-8-6-12-2-3-13-9(12)11-8/h2-3,6-7H,4-5H2,1H3. The first kappa shape index (κ1) is 9.03. The smallest absolute Gasteiger partial charge is 0.193 e. The van der Waals surface area contributed by atoms with Gasteiger partial charge in [0.15, 0.2) is 4.96 Å². The van der Waals surface area contributed by atoms with Gasteiger partial charge in [0.25, 0.3) is 0 Å². The first-order chi connectivity index (χ1) is 6.29. The number of halogens is 1. The molecule has 0 aliphatic carbocycles. The number of thiazole rings is 1. The second-order valence-corrected chi connectivity index (χ2v) is 4.47. The van der Waals surface area contributed by atoms with Gasteiger partial charge in [-0.05, 0) is 12.3 Å². The molecule has 2 nitrogen and oxygen atoms in total. The molecule has 2 aromatic heterocycles. The van der Waals surface area contributed by atoms with Gasteiger partial charge in [-0.25, -0.2) is 4.98 Å². The molecule has 0 saturated carbocycles. The van der Waals surface area contributed by atoms with Crippen molar-refractivity contribution in [2.75, 3.05) is 5.88 Å². The molecule has 0 N–H and O–H groups in total. The van der Waals surface area contributed by atoms with E-state index in [2.05, 4.69) is 22.5 Å². The lowest BCUT2D eigenvalue weighted by atomic mass is 10.1. The van der Waals surface area contributed by atoms with E-state index in [1.807, 2.05) is 11.6 Å². The van der Waals surface area contributed by atoms with Crippen LogP contribution in [0.3, 0.4) is 0 Å². The largest absolute Gasteiger partial charge is 0.297 e. The van der Waals surface area contributed by atoms with Crippen LogP contribution < -0.4 is 0 Å². The van der Waals surface area contributed by atoms with E-state index in [-0.39, 0.29) is 0 Å². The molecule has 0 amide bonds. The summed E-state index contributed by atoms with van der Waals surface area (Å²) >= 11 is 7.40. The maximum absolute atomic E-state index is 5.74. The minimum atomic E-state index is 0.506. The zero-order valence-electron chi connectivity index (χ0n) is 7.40. The van der Waals surface area contributed by atoms with E-state index in [9.17, 15) is 0 Å². The molecule has 70 valence electrons. The lowest BCUT2D eigenvalue weighted by molar-refractivity contribution is 0.645. The Kier molecular flexibility index (Phi) is 2.56. The fraction of sp³-hybridized carbons (Fsp3) is 0.444. The third-order valence-electron chi connectivity index (χ3n) is 1.96. The molecule has 2 heterocycles. The molecule has 2 rings (SSSR count). The molecule has 0 spiro atoms. The number of imidazole rings is 1. The SMILES string of the molecule is CC(CCl)Cc1cn2ccsc2n1. The summed E-state index contributed by atoms with van der Waals surface area (Å²) in [5, 5.41) is 2.04. The minimum absolute atomic E-state index is 0.506. The van der Waals surface area contributed by atoms with Crippen molar-refractivity contribution in [1.29, 1.82) is 0 Å². The second-order valence-electron chi connectivity index (χ2n) is 3.29. The maximum atomic E-state index is 5.74. The monoisotopic (exact) mass is 214 g/mol. The van der Waals surface area contributed by atoms with Crippen LogP contribution in [0.5, 0.6) is 0 Å². The molecule has 13 heavy (non-hydrogen) atoms. The first-order valence-electron chi connectivity index (χ1n) is 4.26. The highest BCUT2D eigenvalue weighted by Crippen LogP contribution is 2.14. The third-order valence-corrected chi connectivity index (χ3v) is 3.26. The van der Waals surface area contributed by atoms with Crippen molar-refractivity contribution in [1.82, 2.24) is 9.38 Å². The summed E-state index contributed by atoms with van der Waals surface area (Å²) in [6.07, 6.45) is 5.08. The molecular formula is C9H11ClN2S. The van der Waals surface area contributed by atoms with Crippen molar-refractivity contribution in [3.63, 3.8) is 0 Å². The maximum Gasteiger partial charge on any atom is 0.193 e. The van der Waals surface area contributed by atoms with Crippen LogP contribution in [-0.2, 0) is 6.42 Å². The number of nitrogens with zero attached hydrogens (tertiary/aromatic N) is 2. The topological polar surface area (TPSA) is 17.3 Å². The highest BCUT2D eigenvalue weighted by molar-refractivity contribution is 7.15. The highest BCUT2D eigenvalue weighted by atomic mass is 35.5. The molecule has 0 aromatic carbocycles. The van der Waals surface area contributed by atoms with E-state index in [1.54, 1.807) is 11.3 Å². The Balaban J connectivity index is 2.20. The van der Waals surface area contributed by atoms with Gasteiger partial charge in [-0.2, -0.15) is 0 Å². The van der Waals surface area contributed by atoms with Gasteiger partial charge >= 0.3 is 0 Å². The Bertz CT molecular complexity index is 364. The van der Waals surface area contributed by atoms with Crippen molar-refractivity contribution in [2.45, 2.75) is 13.3 Å². The predicted molar refractivity (Wildman–Crippen MR) is 56.7 cm³/mol. The van der Waals surface area contributed by atoms with Crippen LogP contribution in [0.4, 0.5) is 0 Å². The molecule has 1 unspecified atom stereocenters. The summed E-state index contributed by atoms with van der Waals surface area (Å²) in [5.41, 5.74) is 1.14. The fourth-order valence-corrected chi connectivity index (χ4v) is 2.11. The molecule has 0 bridgehead atoms. The van der Waals surface area contributed by atoms with Crippen LogP contribution in [0, 0.1) is 5.92 Å². The van der Waals surface area contributed by atoms with Crippen LogP contribution in [0.15, 0.2) is 17.8 Å². The summed E-state index contributed by atoms with van der Waals surface area (Å²) < 4.78 is 2.06. The minimum Gasteiger partial charge on any atom is -0.297 e. The molecule has 1 atom stereocenters. The van der Waals surface area contributed by atoms with E-state index in [0.717, 1.165) is 17.1 Å². The van der Waals surface area contributed by atoms with Crippen molar-refractivity contribution in [3.05, 3.63) is 23.5 Å². The Hall–Kier alpha value is -0.540. The van der Waals surface area contributed by atoms with Gasteiger partial charge in [0.05, 0.1) is 5.69 Å². The van der Waals surface area contributed by atoms with Crippen LogP contribution in [0.1, 0.15) is 12.6 Å². The average molecular weight is 215 g/mol. The van der Waals surface area contributed by atoms with Gasteiger partial charge in [-0.1, -0.05) is 6.92 Å². The van der Waals surface area contributed by atoms with Gasteiger partial charge in [0, 0.05) is 23.7 Å². The summed E-state index contributed by atoms with van der Waals surface area (Å²) in [6.45, 7) is 2.14. The zero-order chi connectivity index (χ0) is 9.26. The van der Waals surface area contributed by atoms with Crippen molar-refractivity contribution in [3.8, 4) is 0 Å². The summed E-state index contributed by atoms with van der Waals surface area (Å²) in [5.74, 6) is 1.21. The fourth-order valence-electron chi connectivity index (χ4n) is 1.29. The molecule has 0 aliphatic heterocycles. The van der Waals surface area contributed by atoms with Crippen molar-refractivity contribution in [2.24, 2.45) is 5.92 Å². The van der Waals surface area contributed by atoms with Crippen molar-refractivity contribution >= 4 is 27.9 Å². The van der Waals surface area contributed by atoms with Gasteiger partial charge in [-0.3, -0.25) is 4.40 Å². The predicted octanol–water partition coefficient (Wildman–Crippen LogP) is 2.81. The normalized spacial score (nSPS) is 13.7. The first-order valence-corrected chi connectivity index (χ1v) is 5.68. The number of rotatable bonds is 3. The molecule has 4 heteroatoms. The quantitative estimate of drug-likeness (QED) is 0.719. The summed E-state index contributed by atoms with van der Waals surface area (Å²) in [7, 11) is 0. The van der Waals surface area contributed by atoms with E-state index < -0.39 is 0 Å². The second kappa shape index (κ2) is 3.68. The summed E-state index contributed by atoms with van der Waals surface area (Å²) in [4.78, 5) is 5.55. The van der Waals surface area contributed by atoms with Crippen LogP contribution in [0.25, 0.3) is 4.96 Å². The average Bonchev–Trinajstić information content (AvgIpc) is 2.63. The number of hydrogen-bond donors (Lipinski definition) is 0. The van der Waals surface area contributed by atoms with Gasteiger partial charge in [0.2, 0.25) is 0 Å². The van der Waals surface area contributed by atoms with Crippen LogP contribution >= 0.6 is 22.9 Å². The number of fused-ring (bicyclic) bond motifs is 1. The molecular weight excluding hydrogens is 204 g/mol. The van der Waals surface area contributed by atoms with Gasteiger partial charge in [-0.15, -0.1) is 22.9 Å². The van der Waals surface area contributed by atoms with E-state index in [0.29, 0.717) is 11.8 Å². The molecule has 0 fully saturated rings. The number of aromatic nitrogens is 2. The molecule has 0 saturated heterocycles. The lowest BCUT2D eigenvalue weighted by Gasteiger charge is -2.02. The Morgan fingerprint density at radius 1 is 1.69 bits per heavy atom. The van der Waals surface area contributed by atoms with Crippen molar-refractivity contribution < 1.29 is 0 Å². The number of alkyl halides is 1. The van der Waals surface area contributed by atoms with E-state index >= 15 is 0 Å². The van der Waals surface area contributed by atoms with Gasteiger partial charge in [0.1, 0.15) is 0 Å². The van der Waals surface area contributed by atoms with Gasteiger partial charge < -0.3 is 0 Å². The molecule has 0 aliphatic rings. The molecule has 2 aromatic rings. The lowest BCUT2D eigenvalue weighted by Crippen LogP contribution is -2.00. The Labute approximate surface area is 86.2 Å². The van der Waals surface area contributed by atoms with E-state index in [1.165, 1.54) is 0 Å². The van der Waals surface area contributed by atoms with Crippen LogP contribution in [-0.4, -0.2) is 15.3 Å². The summed E-state index contributed by atoms with van der Waals surface area (Å²) in [6, 6.07) is 0. The Morgan fingerprint density at radius 2 is 2.54 bits per heavy atom.